The number of cyclic esters (lactones) is 1. The molecule has 0 bridgehead atoms. The molecular weight excluding hydrogens is 566 g/mol. The van der Waals surface area contributed by atoms with E-state index in [-0.39, 0.29) is 41.7 Å². The molecule has 4 N–H and O–H groups in total. The number of aliphatic hydroxyl groups is 4. The van der Waals surface area contributed by atoms with Gasteiger partial charge in [-0.1, -0.05) is 6.92 Å². The molecule has 1 aromatic heterocycles. The van der Waals surface area contributed by atoms with Crippen molar-refractivity contribution in [2.24, 2.45) is 33.6 Å². The molecule has 0 unspecified atom stereocenters. The van der Waals surface area contributed by atoms with Crippen LogP contribution in [-0.4, -0.2) is 81.1 Å². The average molecular weight is 614 g/mol. The minimum Gasteiger partial charge on any atom is -0.467 e. The van der Waals surface area contributed by atoms with Gasteiger partial charge in [-0.05, 0) is 93.7 Å². The van der Waals surface area contributed by atoms with Gasteiger partial charge in [0.1, 0.15) is 18.5 Å². The van der Waals surface area contributed by atoms with Crippen LogP contribution in [0.5, 0.6) is 0 Å². The second-order valence-electron chi connectivity index (χ2n) is 14.7. The number of carbonyl (C=O) groups excluding carboxylic acids is 1. The van der Waals surface area contributed by atoms with Crippen molar-refractivity contribution in [1.29, 1.82) is 0 Å². The molecule has 6 aliphatic rings. The fourth-order valence-electron chi connectivity index (χ4n) is 10.5. The van der Waals surface area contributed by atoms with Crippen LogP contribution < -0.4 is 0 Å². The summed E-state index contributed by atoms with van der Waals surface area (Å²) in [5, 5.41) is 45.8. The van der Waals surface area contributed by atoms with Crippen molar-refractivity contribution < 1.29 is 43.8 Å². The molecule has 242 valence electrons. The van der Waals surface area contributed by atoms with E-state index in [1.807, 2.05) is 18.3 Å². The lowest BCUT2D eigenvalue weighted by Crippen LogP contribution is -2.69. The number of carbonyl (C=O) groups is 1. The Labute approximate surface area is 258 Å². The van der Waals surface area contributed by atoms with Crippen LogP contribution in [0, 0.1) is 28.6 Å². The van der Waals surface area contributed by atoms with E-state index in [1.54, 1.807) is 19.3 Å². The highest BCUT2D eigenvalue weighted by Gasteiger charge is 2.71. The molecule has 0 amide bonds. The summed E-state index contributed by atoms with van der Waals surface area (Å²) in [6.45, 7) is 4.61. The Bertz CT molecular complexity index is 1290. The Balaban J connectivity index is 1.17. The first-order valence-corrected chi connectivity index (χ1v) is 16.5. The van der Waals surface area contributed by atoms with Crippen molar-refractivity contribution >= 4 is 12.2 Å². The Morgan fingerprint density at radius 2 is 1.91 bits per heavy atom. The zero-order valence-corrected chi connectivity index (χ0v) is 25.8. The number of hydrogen-bond donors (Lipinski definition) is 4. The Morgan fingerprint density at radius 3 is 2.64 bits per heavy atom. The third-order valence-corrected chi connectivity index (χ3v) is 12.8. The van der Waals surface area contributed by atoms with E-state index in [2.05, 4.69) is 6.92 Å². The van der Waals surface area contributed by atoms with Gasteiger partial charge in [-0.15, -0.1) is 0 Å². The molecule has 1 aromatic rings. The molecule has 1 saturated heterocycles. The number of aliphatic imine (C=N–C) groups is 1. The zero-order valence-electron chi connectivity index (χ0n) is 25.8. The lowest BCUT2D eigenvalue weighted by Gasteiger charge is -2.66. The van der Waals surface area contributed by atoms with E-state index >= 15 is 0 Å². The third-order valence-electron chi connectivity index (χ3n) is 12.8. The van der Waals surface area contributed by atoms with Crippen molar-refractivity contribution in [2.45, 2.75) is 127 Å². The van der Waals surface area contributed by atoms with Gasteiger partial charge in [-0.3, -0.25) is 4.99 Å². The van der Waals surface area contributed by atoms with E-state index in [0.29, 0.717) is 51.7 Å². The van der Waals surface area contributed by atoms with Crippen molar-refractivity contribution in [3.8, 4) is 0 Å². The first kappa shape index (κ1) is 30.6. The number of nitrogens with zero attached hydrogens (tertiary/aromatic N) is 1. The third kappa shape index (κ3) is 4.66. The highest BCUT2D eigenvalue weighted by molar-refractivity contribution is 5.85. The largest absolute Gasteiger partial charge is 0.467 e. The summed E-state index contributed by atoms with van der Waals surface area (Å²) in [6, 6.07) is 3.74. The van der Waals surface area contributed by atoms with Crippen LogP contribution in [-0.2, 0) is 25.5 Å². The van der Waals surface area contributed by atoms with Gasteiger partial charge in [0.25, 0.3) is 0 Å². The first-order chi connectivity index (χ1) is 21.0. The Morgan fingerprint density at radius 1 is 1.09 bits per heavy atom. The summed E-state index contributed by atoms with van der Waals surface area (Å²) in [6.07, 6.45) is 8.14. The normalized spacial score (nSPS) is 48.9. The number of fused-ring (bicyclic) bond motifs is 5. The van der Waals surface area contributed by atoms with Gasteiger partial charge in [0.15, 0.2) is 6.29 Å². The highest BCUT2D eigenvalue weighted by Crippen LogP contribution is 2.70. The zero-order chi connectivity index (χ0) is 30.9. The number of rotatable bonds is 6. The lowest BCUT2D eigenvalue weighted by atomic mass is 9.41. The van der Waals surface area contributed by atoms with Gasteiger partial charge in [-0.25, -0.2) is 4.79 Å². The van der Waals surface area contributed by atoms with Gasteiger partial charge in [0, 0.05) is 36.0 Å². The van der Waals surface area contributed by atoms with Crippen LogP contribution in [0.2, 0.25) is 0 Å². The molecule has 44 heavy (non-hydrogen) atoms. The molecule has 4 saturated carbocycles. The molecule has 0 radical (unpaired) electrons. The summed E-state index contributed by atoms with van der Waals surface area (Å²) in [7, 11) is 0. The van der Waals surface area contributed by atoms with Gasteiger partial charge in [-0.2, -0.15) is 0 Å². The second kappa shape index (κ2) is 11.0. The summed E-state index contributed by atoms with van der Waals surface area (Å²) in [5.74, 6) is 0.569. The van der Waals surface area contributed by atoms with Crippen LogP contribution in [0.4, 0.5) is 0 Å². The molecule has 5 fully saturated rings. The number of ether oxygens (including phenoxy) is 3. The smallest absolute Gasteiger partial charge is 0.331 e. The van der Waals surface area contributed by atoms with Gasteiger partial charge < -0.3 is 39.1 Å². The minimum atomic E-state index is -1.10. The van der Waals surface area contributed by atoms with Crippen LogP contribution >= 0.6 is 0 Å². The Hall–Kier alpha value is -2.08. The van der Waals surface area contributed by atoms with Gasteiger partial charge in [0.05, 0.1) is 42.3 Å². The van der Waals surface area contributed by atoms with Crippen molar-refractivity contribution in [3.05, 3.63) is 35.8 Å². The van der Waals surface area contributed by atoms with E-state index in [1.165, 1.54) is 0 Å². The average Bonchev–Trinajstić information content (AvgIpc) is 3.71. The van der Waals surface area contributed by atoms with E-state index in [9.17, 15) is 25.2 Å². The molecule has 4 aliphatic carbocycles. The fraction of sp³-hybridized carbons (Fsp3) is 0.765. The quantitative estimate of drug-likeness (QED) is 0.215. The maximum absolute atomic E-state index is 12.7. The van der Waals surface area contributed by atoms with Crippen molar-refractivity contribution in [3.63, 3.8) is 0 Å². The molecular formula is C34H47NO9. The summed E-state index contributed by atoms with van der Waals surface area (Å²) in [4.78, 5) is 16.8. The molecule has 0 spiro atoms. The number of esters is 1. The van der Waals surface area contributed by atoms with E-state index in [0.717, 1.165) is 30.6 Å². The summed E-state index contributed by atoms with van der Waals surface area (Å²) >= 11 is 0. The summed E-state index contributed by atoms with van der Waals surface area (Å²) in [5.41, 5.74) is -2.05. The molecule has 10 nitrogen and oxygen atoms in total. The summed E-state index contributed by atoms with van der Waals surface area (Å²) < 4.78 is 23.0. The SMILES string of the molecule is C[C@@H]1O[C@H](O[C@H]2CC[C@]3(C=NCc4ccco4)[C@H]4CC[C@]5(C)[C@@H](C6=CC(=O)OC6)CC[C@]5(O)[C@@H]4CC[C@]3(O)C2)C[C@@H](O)[C@H]1O. The first-order valence-electron chi connectivity index (χ1n) is 16.5. The Kier molecular flexibility index (Phi) is 7.66. The topological polar surface area (TPSA) is 151 Å². The maximum atomic E-state index is 12.7. The minimum absolute atomic E-state index is 0.0168. The van der Waals surface area contributed by atoms with Gasteiger partial charge in [0.2, 0.25) is 0 Å². The maximum Gasteiger partial charge on any atom is 0.331 e. The molecule has 0 aromatic carbocycles. The van der Waals surface area contributed by atoms with Gasteiger partial charge >= 0.3 is 5.97 Å². The molecule has 3 heterocycles. The van der Waals surface area contributed by atoms with Crippen molar-refractivity contribution in [2.75, 3.05) is 6.61 Å². The van der Waals surface area contributed by atoms with Crippen LogP contribution in [0.3, 0.4) is 0 Å². The number of furan rings is 1. The van der Waals surface area contributed by atoms with Crippen molar-refractivity contribution in [1.82, 2.24) is 0 Å². The standard InChI is InChI=1S/C34H47NO9/c1-20-30(38)27(36)15-29(43-20)44-22-5-10-32(19-35-17-23-4-3-13-41-23)25-6-9-31(2)24(21-14-28(37)42-18-21)8-12-34(31,40)26(25)7-11-33(32,39)16-22/h3-4,13-14,19-20,22,24-27,29-30,36,38-40H,5-12,15-18H2,1-2H3/t20-,22-,24+,25-,26+,27+,29+,30-,31+,32-,33-,34-/m0/s1. The van der Waals surface area contributed by atoms with Crippen LogP contribution in [0.1, 0.15) is 83.8 Å². The number of aliphatic hydroxyl groups excluding tert-OH is 2. The highest BCUT2D eigenvalue weighted by atomic mass is 16.7. The predicted octanol–water partition coefficient (Wildman–Crippen LogP) is 3.44. The second-order valence-corrected chi connectivity index (χ2v) is 14.7. The monoisotopic (exact) mass is 613 g/mol. The molecule has 2 aliphatic heterocycles. The molecule has 7 rings (SSSR count). The van der Waals surface area contributed by atoms with Crippen LogP contribution in [0.15, 0.2) is 39.5 Å². The number of hydrogen-bond acceptors (Lipinski definition) is 10. The fourth-order valence-corrected chi connectivity index (χ4v) is 10.5. The van der Waals surface area contributed by atoms with Crippen LogP contribution in [0.25, 0.3) is 0 Å². The van der Waals surface area contributed by atoms with E-state index in [4.69, 9.17) is 23.6 Å². The van der Waals surface area contributed by atoms with E-state index < -0.39 is 41.2 Å². The predicted molar refractivity (Wildman–Crippen MR) is 158 cm³/mol. The lowest BCUT2D eigenvalue weighted by molar-refractivity contribution is -0.282. The molecule has 10 heteroatoms. The molecule has 12 atom stereocenters.